The molecule has 90 valence electrons. The minimum Gasteiger partial charge on any atom is -0.369 e. The van der Waals surface area contributed by atoms with Crippen LogP contribution < -0.4 is 11.1 Å². The summed E-state index contributed by atoms with van der Waals surface area (Å²) in [7, 11) is 0. The molecule has 2 atom stereocenters. The van der Waals surface area contributed by atoms with Crippen LogP contribution >= 0.6 is 0 Å². The Hall–Kier alpha value is -1.36. The molecule has 0 spiro atoms. The van der Waals surface area contributed by atoms with E-state index in [-0.39, 0.29) is 17.9 Å². The molecule has 0 aromatic carbocycles. The summed E-state index contributed by atoms with van der Waals surface area (Å²) < 4.78 is 5.09. The number of carbonyl (C=O) groups is 1. The van der Waals surface area contributed by atoms with E-state index in [0.29, 0.717) is 6.54 Å². The van der Waals surface area contributed by atoms with Gasteiger partial charge in [-0.2, -0.15) is 0 Å². The van der Waals surface area contributed by atoms with Gasteiger partial charge in [0.15, 0.2) is 0 Å². The number of primary amides is 1. The average molecular weight is 225 g/mol. The quantitative estimate of drug-likeness (QED) is 0.785. The summed E-state index contributed by atoms with van der Waals surface area (Å²) in [6.45, 7) is 8.16. The molecule has 1 amide bonds. The maximum Gasteiger partial charge on any atom is 0.221 e. The number of aryl methyl sites for hydroxylation is 2. The van der Waals surface area contributed by atoms with E-state index in [0.717, 1.165) is 17.0 Å². The number of nitrogens with one attached hydrogen (secondary N) is 1. The second-order valence-corrected chi connectivity index (χ2v) is 4.17. The summed E-state index contributed by atoms with van der Waals surface area (Å²) in [6.07, 6.45) is 0. The van der Waals surface area contributed by atoms with Crippen molar-refractivity contribution in [2.45, 2.75) is 33.7 Å². The fraction of sp³-hybridized carbons (Fsp3) is 0.636. The summed E-state index contributed by atoms with van der Waals surface area (Å²) in [5.41, 5.74) is 7.12. The van der Waals surface area contributed by atoms with Crippen LogP contribution in [0.25, 0.3) is 0 Å². The van der Waals surface area contributed by atoms with Gasteiger partial charge >= 0.3 is 0 Å². The topological polar surface area (TPSA) is 81.2 Å². The number of nitrogens with two attached hydrogens (primary N) is 1. The molecular formula is C11H19N3O2. The lowest BCUT2D eigenvalue weighted by Crippen LogP contribution is -2.32. The van der Waals surface area contributed by atoms with Crippen molar-refractivity contribution in [3.8, 4) is 0 Å². The Kier molecular flexibility index (Phi) is 4.06. The first-order valence-corrected chi connectivity index (χ1v) is 5.39. The molecule has 2 unspecified atom stereocenters. The zero-order valence-corrected chi connectivity index (χ0v) is 10.2. The standard InChI is InChI=1S/C11H19N3O2/c1-6(11(12)15)5-13-7(2)10-8(3)14-16-9(10)4/h6-7,13H,5H2,1-4H3,(H2,12,15). The van der Waals surface area contributed by atoms with Crippen LogP contribution in [-0.4, -0.2) is 17.6 Å². The third-order valence-electron chi connectivity index (χ3n) is 2.74. The molecule has 5 nitrogen and oxygen atoms in total. The lowest BCUT2D eigenvalue weighted by Gasteiger charge is -2.15. The van der Waals surface area contributed by atoms with Gasteiger partial charge in [-0.25, -0.2) is 0 Å². The Balaban J connectivity index is 2.59. The number of hydrogen-bond acceptors (Lipinski definition) is 4. The molecule has 0 saturated heterocycles. The number of aromatic nitrogens is 1. The molecule has 0 aliphatic carbocycles. The van der Waals surface area contributed by atoms with Gasteiger partial charge in [0.05, 0.1) is 5.69 Å². The van der Waals surface area contributed by atoms with Crippen LogP contribution in [0.5, 0.6) is 0 Å². The van der Waals surface area contributed by atoms with E-state index in [1.54, 1.807) is 6.92 Å². The zero-order valence-electron chi connectivity index (χ0n) is 10.2. The van der Waals surface area contributed by atoms with Gasteiger partial charge in [0.1, 0.15) is 5.76 Å². The molecule has 5 heteroatoms. The van der Waals surface area contributed by atoms with Crippen LogP contribution in [0.4, 0.5) is 0 Å². The fourth-order valence-electron chi connectivity index (χ4n) is 1.66. The van der Waals surface area contributed by atoms with Crippen molar-refractivity contribution in [1.82, 2.24) is 10.5 Å². The molecule has 3 N–H and O–H groups in total. The van der Waals surface area contributed by atoms with Gasteiger partial charge in [-0.3, -0.25) is 4.79 Å². The normalized spacial score (nSPS) is 14.8. The number of nitrogens with zero attached hydrogens (tertiary/aromatic N) is 1. The molecule has 0 bridgehead atoms. The van der Waals surface area contributed by atoms with Crippen LogP contribution in [0.2, 0.25) is 0 Å². The van der Waals surface area contributed by atoms with Crippen LogP contribution in [0.15, 0.2) is 4.52 Å². The molecular weight excluding hydrogens is 206 g/mol. The van der Waals surface area contributed by atoms with Gasteiger partial charge in [0, 0.05) is 24.1 Å². The Labute approximate surface area is 95.4 Å². The molecule has 16 heavy (non-hydrogen) atoms. The molecule has 1 rings (SSSR count). The summed E-state index contributed by atoms with van der Waals surface area (Å²) in [5, 5.41) is 7.14. The van der Waals surface area contributed by atoms with Crippen LogP contribution in [0.3, 0.4) is 0 Å². The van der Waals surface area contributed by atoms with Crippen LogP contribution in [0.1, 0.15) is 36.9 Å². The lowest BCUT2D eigenvalue weighted by molar-refractivity contribution is -0.121. The Morgan fingerprint density at radius 1 is 1.50 bits per heavy atom. The number of carbonyl (C=O) groups excluding carboxylic acids is 1. The van der Waals surface area contributed by atoms with E-state index < -0.39 is 0 Å². The molecule has 0 saturated carbocycles. The Bertz CT molecular complexity index is 354. The second-order valence-electron chi connectivity index (χ2n) is 4.17. The van der Waals surface area contributed by atoms with Crippen molar-refractivity contribution in [1.29, 1.82) is 0 Å². The highest BCUT2D eigenvalue weighted by Gasteiger charge is 2.17. The monoisotopic (exact) mass is 225 g/mol. The van der Waals surface area contributed by atoms with E-state index in [1.807, 2.05) is 20.8 Å². The number of amides is 1. The van der Waals surface area contributed by atoms with Gasteiger partial charge in [0.25, 0.3) is 0 Å². The molecule has 1 aromatic heterocycles. The summed E-state index contributed by atoms with van der Waals surface area (Å²) in [6, 6.07) is 0.105. The highest BCUT2D eigenvalue weighted by molar-refractivity contribution is 5.76. The Morgan fingerprint density at radius 2 is 2.12 bits per heavy atom. The molecule has 0 radical (unpaired) electrons. The van der Waals surface area contributed by atoms with Crippen molar-refractivity contribution in [2.75, 3.05) is 6.54 Å². The Morgan fingerprint density at radius 3 is 2.56 bits per heavy atom. The maximum absolute atomic E-state index is 10.9. The molecule has 0 fully saturated rings. The third kappa shape index (κ3) is 2.82. The van der Waals surface area contributed by atoms with E-state index in [4.69, 9.17) is 10.3 Å². The van der Waals surface area contributed by atoms with Gasteiger partial charge in [-0.15, -0.1) is 0 Å². The van der Waals surface area contributed by atoms with Gasteiger partial charge in [-0.05, 0) is 20.8 Å². The highest BCUT2D eigenvalue weighted by atomic mass is 16.5. The summed E-state index contributed by atoms with van der Waals surface area (Å²) >= 11 is 0. The first-order valence-electron chi connectivity index (χ1n) is 5.39. The molecule has 1 aromatic rings. The summed E-state index contributed by atoms with van der Waals surface area (Å²) in [4.78, 5) is 10.9. The lowest BCUT2D eigenvalue weighted by atomic mass is 10.1. The van der Waals surface area contributed by atoms with Crippen molar-refractivity contribution < 1.29 is 9.32 Å². The fourth-order valence-corrected chi connectivity index (χ4v) is 1.66. The molecule has 1 heterocycles. The van der Waals surface area contributed by atoms with Gasteiger partial charge in [-0.1, -0.05) is 12.1 Å². The smallest absolute Gasteiger partial charge is 0.221 e. The molecule has 0 aliphatic heterocycles. The van der Waals surface area contributed by atoms with Crippen LogP contribution in [-0.2, 0) is 4.79 Å². The SMILES string of the molecule is Cc1noc(C)c1C(C)NCC(C)C(N)=O. The van der Waals surface area contributed by atoms with E-state index in [1.165, 1.54) is 0 Å². The van der Waals surface area contributed by atoms with E-state index >= 15 is 0 Å². The number of hydrogen-bond donors (Lipinski definition) is 2. The minimum absolute atomic E-state index is 0.105. The average Bonchev–Trinajstić information content (AvgIpc) is 2.54. The highest BCUT2D eigenvalue weighted by Crippen LogP contribution is 2.20. The largest absolute Gasteiger partial charge is 0.369 e. The first kappa shape index (κ1) is 12.7. The predicted molar refractivity (Wildman–Crippen MR) is 60.8 cm³/mol. The first-order chi connectivity index (χ1) is 7.43. The van der Waals surface area contributed by atoms with E-state index in [2.05, 4.69) is 10.5 Å². The predicted octanol–water partition coefficient (Wildman–Crippen LogP) is 1.06. The van der Waals surface area contributed by atoms with Crippen molar-refractivity contribution in [2.24, 2.45) is 11.7 Å². The van der Waals surface area contributed by atoms with E-state index in [9.17, 15) is 4.79 Å². The zero-order chi connectivity index (χ0) is 12.3. The maximum atomic E-state index is 10.9. The summed E-state index contributed by atoms with van der Waals surface area (Å²) in [5.74, 6) is 0.339. The van der Waals surface area contributed by atoms with Gasteiger partial charge < -0.3 is 15.6 Å². The van der Waals surface area contributed by atoms with Crippen molar-refractivity contribution in [3.63, 3.8) is 0 Å². The minimum atomic E-state index is -0.293. The third-order valence-corrected chi connectivity index (χ3v) is 2.74. The van der Waals surface area contributed by atoms with Crippen LogP contribution in [0, 0.1) is 19.8 Å². The van der Waals surface area contributed by atoms with Gasteiger partial charge in [0.2, 0.25) is 5.91 Å². The van der Waals surface area contributed by atoms with Crippen molar-refractivity contribution in [3.05, 3.63) is 17.0 Å². The number of rotatable bonds is 5. The van der Waals surface area contributed by atoms with Crippen molar-refractivity contribution >= 4 is 5.91 Å². The second kappa shape index (κ2) is 5.12. The molecule has 0 aliphatic rings.